The number of aliphatic hydroxyl groups excluding tert-OH is 1. The van der Waals surface area contributed by atoms with Gasteiger partial charge in [-0.05, 0) is 48.5 Å². The van der Waals surface area contributed by atoms with Crippen LogP contribution < -0.4 is 16.4 Å². The van der Waals surface area contributed by atoms with Crippen molar-refractivity contribution >= 4 is 34.7 Å². The van der Waals surface area contributed by atoms with Gasteiger partial charge >= 0.3 is 0 Å². The third kappa shape index (κ3) is 4.79. The Balaban J connectivity index is 1.90. The van der Waals surface area contributed by atoms with Crippen molar-refractivity contribution in [1.82, 2.24) is 10.3 Å². The van der Waals surface area contributed by atoms with Crippen LogP contribution in [0.2, 0.25) is 5.02 Å². The summed E-state index contributed by atoms with van der Waals surface area (Å²) in [6.45, 7) is -0.783. The van der Waals surface area contributed by atoms with E-state index in [1.807, 2.05) is 0 Å². The number of rotatable bonds is 7. The molecule has 0 aliphatic carbocycles. The Hall–Kier alpha value is -3.36. The highest BCUT2D eigenvalue weighted by Crippen LogP contribution is 2.33. The minimum Gasteiger partial charge on any atom is -0.507 e. The smallest absolute Gasteiger partial charge is 0.255 e. The van der Waals surface area contributed by atoms with Gasteiger partial charge in [-0.2, -0.15) is 0 Å². The largest absolute Gasteiger partial charge is 0.507 e. The maximum atomic E-state index is 13.3. The Morgan fingerprint density at radius 3 is 2.67 bits per heavy atom. The van der Waals surface area contributed by atoms with Crippen LogP contribution in [-0.2, 0) is 6.67 Å². The minimum absolute atomic E-state index is 0.0156. The molecule has 0 spiro atoms. The van der Waals surface area contributed by atoms with E-state index in [0.29, 0.717) is 33.2 Å². The van der Waals surface area contributed by atoms with Crippen molar-refractivity contribution in [3.05, 3.63) is 64.7 Å². The van der Waals surface area contributed by atoms with E-state index in [1.165, 1.54) is 18.2 Å². The maximum absolute atomic E-state index is 13.3. The number of carbonyl (C=O) groups excluding carboxylic acids is 1. The first-order valence-electron chi connectivity index (χ1n) is 9.03. The van der Waals surface area contributed by atoms with Gasteiger partial charge in [0.2, 0.25) is 0 Å². The van der Waals surface area contributed by atoms with Crippen LogP contribution in [0.15, 0.2) is 48.5 Å². The average Bonchev–Trinajstić information content (AvgIpc) is 2.74. The maximum Gasteiger partial charge on any atom is 0.255 e. The lowest BCUT2D eigenvalue weighted by atomic mass is 10.1. The Morgan fingerprint density at radius 1 is 1.17 bits per heavy atom. The summed E-state index contributed by atoms with van der Waals surface area (Å²) in [6.07, 6.45) is 0. The van der Waals surface area contributed by atoms with Gasteiger partial charge in [-0.1, -0.05) is 11.6 Å². The summed E-state index contributed by atoms with van der Waals surface area (Å²) in [4.78, 5) is 16.3. The Labute approximate surface area is 177 Å². The zero-order valence-electron chi connectivity index (χ0n) is 15.8. The van der Waals surface area contributed by atoms with E-state index in [4.69, 9.17) is 22.4 Å². The number of pyridine rings is 1. The van der Waals surface area contributed by atoms with Gasteiger partial charge in [-0.15, -0.1) is 0 Å². The molecule has 0 saturated heterocycles. The number of alkyl halides is 1. The first-order valence-corrected chi connectivity index (χ1v) is 9.41. The second-order valence-electron chi connectivity index (χ2n) is 6.40. The summed E-state index contributed by atoms with van der Waals surface area (Å²) in [5, 5.41) is 25.1. The molecule has 30 heavy (non-hydrogen) atoms. The second-order valence-corrected chi connectivity index (χ2v) is 6.84. The molecule has 0 aliphatic heterocycles. The van der Waals surface area contributed by atoms with Gasteiger partial charge in [0.15, 0.2) is 0 Å². The van der Waals surface area contributed by atoms with Crippen molar-refractivity contribution in [3.63, 3.8) is 0 Å². The lowest BCUT2D eigenvalue weighted by Crippen LogP contribution is -2.27. The van der Waals surface area contributed by atoms with Gasteiger partial charge in [0.1, 0.15) is 18.2 Å². The number of phenols is 1. The van der Waals surface area contributed by atoms with Crippen LogP contribution in [0.5, 0.6) is 5.75 Å². The molecule has 0 atom stereocenters. The molecule has 0 aliphatic rings. The number of nitrogens with two attached hydrogens (primary N) is 1. The van der Waals surface area contributed by atoms with Crippen LogP contribution in [0.4, 0.5) is 21.6 Å². The third-order valence-corrected chi connectivity index (χ3v) is 4.56. The van der Waals surface area contributed by atoms with Crippen LogP contribution in [-0.4, -0.2) is 34.3 Å². The molecule has 7 nitrogen and oxygen atoms in total. The molecular weight excluding hydrogens is 411 g/mol. The molecule has 3 rings (SSSR count). The van der Waals surface area contributed by atoms with Gasteiger partial charge in [0, 0.05) is 34.1 Å². The Kier molecular flexibility index (Phi) is 6.71. The molecule has 0 fully saturated rings. The quantitative estimate of drug-likeness (QED) is 0.365. The SMILES string of the molecule is Nc1nc(-c2cc(Nc3ccc(Cl)cc3CF)ccc2O)ccc1C(=O)NCCO. The van der Waals surface area contributed by atoms with E-state index in [9.17, 15) is 14.3 Å². The number of nitrogen functional groups attached to an aromatic ring is 1. The number of aliphatic hydroxyl groups is 1. The van der Waals surface area contributed by atoms with Crippen LogP contribution in [0.1, 0.15) is 15.9 Å². The molecule has 156 valence electrons. The number of benzene rings is 2. The van der Waals surface area contributed by atoms with Crippen molar-refractivity contribution in [2.45, 2.75) is 6.67 Å². The summed E-state index contributed by atoms with van der Waals surface area (Å²) >= 11 is 5.91. The molecular formula is C21H20ClFN4O3. The first kappa shape index (κ1) is 21.4. The van der Waals surface area contributed by atoms with E-state index in [2.05, 4.69) is 15.6 Å². The number of hydrogen-bond donors (Lipinski definition) is 5. The van der Waals surface area contributed by atoms with E-state index in [0.717, 1.165) is 0 Å². The van der Waals surface area contributed by atoms with Crippen LogP contribution >= 0.6 is 11.6 Å². The molecule has 3 aromatic rings. The Morgan fingerprint density at radius 2 is 1.97 bits per heavy atom. The van der Waals surface area contributed by atoms with Crippen molar-refractivity contribution in [1.29, 1.82) is 0 Å². The molecule has 0 unspecified atom stereocenters. The minimum atomic E-state index is -0.689. The van der Waals surface area contributed by atoms with E-state index in [1.54, 1.807) is 30.3 Å². The average molecular weight is 431 g/mol. The molecule has 1 amide bonds. The van der Waals surface area contributed by atoms with Crippen molar-refractivity contribution in [2.24, 2.45) is 0 Å². The monoisotopic (exact) mass is 430 g/mol. The number of amides is 1. The normalized spacial score (nSPS) is 10.6. The van der Waals surface area contributed by atoms with E-state index in [-0.39, 0.29) is 30.3 Å². The summed E-state index contributed by atoms with van der Waals surface area (Å²) in [5.41, 5.74) is 8.34. The van der Waals surface area contributed by atoms with Gasteiger partial charge in [-0.25, -0.2) is 9.37 Å². The highest BCUT2D eigenvalue weighted by molar-refractivity contribution is 6.30. The standard InChI is InChI=1S/C21H20ClFN4O3/c22-13-1-4-17(12(9-13)11-23)26-14-2-6-19(29)16(10-14)18-5-3-15(20(24)27-18)21(30)25-7-8-28/h1-6,9-10,26,28-29H,7-8,11H2,(H2,24,27)(H,25,30). The van der Waals surface area contributed by atoms with Gasteiger partial charge in [0.05, 0.1) is 17.9 Å². The summed E-state index contributed by atoms with van der Waals surface area (Å²) < 4.78 is 13.3. The van der Waals surface area contributed by atoms with Crippen molar-refractivity contribution in [3.8, 4) is 17.0 Å². The topological polar surface area (TPSA) is 121 Å². The van der Waals surface area contributed by atoms with E-state index < -0.39 is 12.6 Å². The molecule has 0 radical (unpaired) electrons. The van der Waals surface area contributed by atoms with Crippen molar-refractivity contribution in [2.75, 3.05) is 24.2 Å². The van der Waals surface area contributed by atoms with Crippen LogP contribution in [0.3, 0.4) is 0 Å². The number of hydrogen-bond acceptors (Lipinski definition) is 6. The fraction of sp³-hybridized carbons (Fsp3) is 0.143. The third-order valence-electron chi connectivity index (χ3n) is 4.33. The molecule has 1 heterocycles. The molecule has 0 bridgehead atoms. The van der Waals surface area contributed by atoms with Crippen LogP contribution in [0, 0.1) is 0 Å². The predicted octanol–water partition coefficient (Wildman–Crippen LogP) is 3.63. The highest BCUT2D eigenvalue weighted by atomic mass is 35.5. The lowest BCUT2D eigenvalue weighted by molar-refractivity contribution is 0.0945. The number of nitrogens with one attached hydrogen (secondary N) is 2. The predicted molar refractivity (Wildman–Crippen MR) is 115 cm³/mol. The number of aromatic nitrogens is 1. The summed E-state index contributed by atoms with van der Waals surface area (Å²) in [7, 11) is 0. The zero-order chi connectivity index (χ0) is 21.7. The van der Waals surface area contributed by atoms with Gasteiger partial charge < -0.3 is 26.6 Å². The van der Waals surface area contributed by atoms with Crippen LogP contribution in [0.25, 0.3) is 11.3 Å². The summed E-state index contributed by atoms with van der Waals surface area (Å²) in [6, 6.07) is 12.6. The molecule has 1 aromatic heterocycles. The summed E-state index contributed by atoms with van der Waals surface area (Å²) in [5.74, 6) is -0.508. The van der Waals surface area contributed by atoms with Gasteiger partial charge in [0.25, 0.3) is 5.91 Å². The second kappa shape index (κ2) is 9.43. The number of carbonyl (C=O) groups is 1. The van der Waals surface area contributed by atoms with E-state index >= 15 is 0 Å². The Bertz CT molecular complexity index is 1080. The molecule has 0 saturated carbocycles. The fourth-order valence-corrected chi connectivity index (χ4v) is 3.05. The molecule has 9 heteroatoms. The van der Waals surface area contributed by atoms with Crippen molar-refractivity contribution < 1.29 is 19.4 Å². The number of phenolic OH excluding ortho intramolecular Hbond substituents is 1. The molecule has 6 N–H and O–H groups in total. The number of aromatic hydroxyl groups is 1. The number of anilines is 3. The molecule has 2 aromatic carbocycles. The van der Waals surface area contributed by atoms with Gasteiger partial charge in [-0.3, -0.25) is 4.79 Å². The lowest BCUT2D eigenvalue weighted by Gasteiger charge is -2.13. The zero-order valence-corrected chi connectivity index (χ0v) is 16.6. The first-order chi connectivity index (χ1) is 14.4. The number of halogens is 2. The number of nitrogens with zero attached hydrogens (tertiary/aromatic N) is 1. The highest BCUT2D eigenvalue weighted by Gasteiger charge is 2.14. The fourth-order valence-electron chi connectivity index (χ4n) is 2.85.